The lowest BCUT2D eigenvalue weighted by atomic mass is 10.0. The predicted molar refractivity (Wildman–Crippen MR) is 135 cm³/mol. The topological polar surface area (TPSA) is 108 Å². The van der Waals surface area contributed by atoms with Crippen LogP contribution < -0.4 is 26.2 Å². The molecule has 35 heavy (non-hydrogen) atoms. The molecule has 9 heteroatoms. The van der Waals surface area contributed by atoms with Crippen LogP contribution in [0.5, 0.6) is 11.5 Å². The lowest BCUT2D eigenvalue weighted by Gasteiger charge is -2.20. The van der Waals surface area contributed by atoms with Gasteiger partial charge in [0.2, 0.25) is 0 Å². The first-order valence-corrected chi connectivity index (χ1v) is 11.5. The van der Waals surface area contributed by atoms with Gasteiger partial charge in [0, 0.05) is 20.2 Å². The lowest BCUT2D eigenvalue weighted by molar-refractivity contribution is 0.0824. The molecule has 0 aromatic heterocycles. The first kappa shape index (κ1) is 25.7. The van der Waals surface area contributed by atoms with E-state index in [2.05, 4.69) is 24.5 Å². The van der Waals surface area contributed by atoms with Gasteiger partial charge in [0.25, 0.3) is 16.8 Å². The second-order valence-electron chi connectivity index (χ2n) is 8.57. The van der Waals surface area contributed by atoms with Crippen molar-refractivity contribution in [1.82, 2.24) is 4.90 Å². The molecule has 186 valence electrons. The predicted octanol–water partition coefficient (Wildman–Crippen LogP) is 4.52. The van der Waals surface area contributed by atoms with E-state index < -0.39 is 22.6 Å². The Kier molecular flexibility index (Phi) is 8.11. The van der Waals surface area contributed by atoms with Crippen LogP contribution in [0.3, 0.4) is 0 Å². The summed E-state index contributed by atoms with van der Waals surface area (Å²) in [6.45, 7) is 4.54. The molecule has 3 aromatic rings. The van der Waals surface area contributed by atoms with Gasteiger partial charge in [0.15, 0.2) is 5.75 Å². The van der Waals surface area contributed by atoms with E-state index >= 15 is 0 Å². The Labute approximate surface area is 203 Å². The zero-order valence-electron chi connectivity index (χ0n) is 20.3. The van der Waals surface area contributed by atoms with Gasteiger partial charge < -0.3 is 25.4 Å². The van der Waals surface area contributed by atoms with E-state index in [4.69, 9.17) is 4.74 Å². The summed E-state index contributed by atoms with van der Waals surface area (Å²) in [6, 6.07) is 8.35. The first-order valence-electron chi connectivity index (χ1n) is 11.5. The Morgan fingerprint density at radius 1 is 1.06 bits per heavy atom. The van der Waals surface area contributed by atoms with Crippen molar-refractivity contribution in [3.8, 4) is 11.5 Å². The summed E-state index contributed by atoms with van der Waals surface area (Å²) in [5, 5.41) is 16.2. The highest BCUT2D eigenvalue weighted by Crippen LogP contribution is 2.35. The minimum Gasteiger partial charge on any atom is -0.505 e. The van der Waals surface area contributed by atoms with E-state index in [-0.39, 0.29) is 34.1 Å². The maximum Gasteiger partial charge on any atom is 0.257 e. The van der Waals surface area contributed by atoms with Crippen molar-refractivity contribution < 1.29 is 19.0 Å². The van der Waals surface area contributed by atoms with Crippen LogP contribution in [0, 0.1) is 11.7 Å². The molecule has 3 aromatic carbocycles. The van der Waals surface area contributed by atoms with Gasteiger partial charge in [0.05, 0.1) is 23.5 Å². The van der Waals surface area contributed by atoms with Crippen molar-refractivity contribution in [2.75, 3.05) is 31.3 Å². The minimum absolute atomic E-state index is 0.0417. The third-order valence-electron chi connectivity index (χ3n) is 5.79. The fourth-order valence-corrected chi connectivity index (χ4v) is 3.70. The van der Waals surface area contributed by atoms with E-state index in [1.54, 1.807) is 20.2 Å². The van der Waals surface area contributed by atoms with Crippen LogP contribution in [-0.4, -0.2) is 36.6 Å². The molecule has 0 aliphatic carbocycles. The molecule has 1 unspecified atom stereocenters. The number of benzene rings is 2. The summed E-state index contributed by atoms with van der Waals surface area (Å²) in [6.07, 6.45) is 2.89. The number of ether oxygens (including phenoxy) is 1. The summed E-state index contributed by atoms with van der Waals surface area (Å²) in [4.78, 5) is 38.3. The number of hydrogen-bond donors (Lipinski definition) is 3. The Bertz CT molecular complexity index is 1280. The number of para-hydroxylation sites is 1. The van der Waals surface area contributed by atoms with E-state index in [1.807, 2.05) is 0 Å². The van der Waals surface area contributed by atoms with Crippen molar-refractivity contribution in [1.29, 1.82) is 0 Å². The summed E-state index contributed by atoms with van der Waals surface area (Å²) >= 11 is 0. The van der Waals surface area contributed by atoms with Crippen molar-refractivity contribution in [3.05, 3.63) is 68.2 Å². The average molecular weight is 484 g/mol. The number of nitrogens with zero attached hydrogens (tertiary/aromatic N) is 1. The molecule has 0 bridgehead atoms. The molecule has 0 radical (unpaired) electrons. The zero-order valence-corrected chi connectivity index (χ0v) is 20.3. The van der Waals surface area contributed by atoms with Gasteiger partial charge in [0.1, 0.15) is 22.9 Å². The number of phenols is 1. The number of rotatable bonds is 11. The maximum atomic E-state index is 13.9. The van der Waals surface area contributed by atoms with Crippen LogP contribution in [0.15, 0.2) is 46.0 Å². The van der Waals surface area contributed by atoms with Crippen molar-refractivity contribution in [2.24, 2.45) is 5.92 Å². The molecule has 0 aliphatic rings. The fourth-order valence-electron chi connectivity index (χ4n) is 3.70. The molecule has 0 fully saturated rings. The standard InChI is InChI=1S/C26H30FN3O5/c1-5-8-15(6-2)14-35-20-13-16(27)11-12-18(20)28-21-22(25(33)24(21)32)29-19-10-7-9-17(23(19)31)26(34)30(3)4/h7,9-13,15,28-29,31H,5-6,8,14H2,1-4H3. The van der Waals surface area contributed by atoms with Crippen LogP contribution in [0.25, 0.3) is 0 Å². The molecule has 0 spiro atoms. The summed E-state index contributed by atoms with van der Waals surface area (Å²) in [5.74, 6) is -0.738. The summed E-state index contributed by atoms with van der Waals surface area (Å²) in [5.41, 5.74) is -1.21. The van der Waals surface area contributed by atoms with Crippen molar-refractivity contribution in [2.45, 2.75) is 33.1 Å². The smallest absolute Gasteiger partial charge is 0.257 e. The van der Waals surface area contributed by atoms with Crippen molar-refractivity contribution >= 4 is 28.7 Å². The molecule has 0 saturated carbocycles. The van der Waals surface area contributed by atoms with E-state index in [0.29, 0.717) is 18.2 Å². The van der Waals surface area contributed by atoms with Gasteiger partial charge >= 0.3 is 0 Å². The van der Waals surface area contributed by atoms with E-state index in [1.165, 1.54) is 35.2 Å². The third-order valence-corrected chi connectivity index (χ3v) is 5.79. The number of hydrogen-bond acceptors (Lipinski definition) is 7. The second-order valence-corrected chi connectivity index (χ2v) is 8.57. The maximum absolute atomic E-state index is 13.9. The molecule has 3 N–H and O–H groups in total. The van der Waals surface area contributed by atoms with Gasteiger partial charge in [-0.3, -0.25) is 14.4 Å². The SMILES string of the molecule is CCCC(CC)COc1cc(F)ccc1Nc1c(Nc2cccc(C(=O)N(C)C)c2O)c(=O)c1=O. The Hall–Kier alpha value is -3.88. The van der Waals surface area contributed by atoms with Gasteiger partial charge in [-0.25, -0.2) is 4.39 Å². The summed E-state index contributed by atoms with van der Waals surface area (Å²) in [7, 11) is 3.10. The highest BCUT2D eigenvalue weighted by atomic mass is 19.1. The van der Waals surface area contributed by atoms with Gasteiger partial charge in [-0.15, -0.1) is 0 Å². The Morgan fingerprint density at radius 2 is 1.71 bits per heavy atom. The Morgan fingerprint density at radius 3 is 2.31 bits per heavy atom. The minimum atomic E-state index is -0.783. The van der Waals surface area contributed by atoms with Crippen LogP contribution >= 0.6 is 0 Å². The molecule has 0 saturated heterocycles. The zero-order chi connectivity index (χ0) is 25.7. The lowest BCUT2D eigenvalue weighted by Crippen LogP contribution is -2.36. The van der Waals surface area contributed by atoms with Gasteiger partial charge in [-0.05, 0) is 36.6 Å². The number of nitrogens with one attached hydrogen (secondary N) is 2. The number of carbonyl (C=O) groups is 1. The second kappa shape index (κ2) is 11.0. The van der Waals surface area contributed by atoms with Crippen LogP contribution in [0.4, 0.5) is 27.1 Å². The highest BCUT2D eigenvalue weighted by Gasteiger charge is 2.25. The quantitative estimate of drug-likeness (QED) is 0.272. The van der Waals surface area contributed by atoms with E-state index in [9.17, 15) is 23.9 Å². The molecule has 3 rings (SSSR count). The van der Waals surface area contributed by atoms with Crippen LogP contribution in [-0.2, 0) is 0 Å². The first-order chi connectivity index (χ1) is 16.7. The molecule has 0 heterocycles. The largest absolute Gasteiger partial charge is 0.505 e. The molecule has 8 nitrogen and oxygen atoms in total. The number of phenolic OH excluding ortho intramolecular Hbond substituents is 1. The van der Waals surface area contributed by atoms with Crippen molar-refractivity contribution in [3.63, 3.8) is 0 Å². The third kappa shape index (κ3) is 5.62. The number of amides is 1. The number of halogens is 1. The molecular formula is C26H30FN3O5. The number of anilines is 4. The molecule has 0 aliphatic heterocycles. The van der Waals surface area contributed by atoms with Crippen LogP contribution in [0.1, 0.15) is 43.5 Å². The number of carbonyl (C=O) groups excluding carboxylic acids is 1. The van der Waals surface area contributed by atoms with E-state index in [0.717, 1.165) is 19.3 Å². The Balaban J connectivity index is 1.88. The monoisotopic (exact) mass is 483 g/mol. The normalized spacial score (nSPS) is 11.8. The fraction of sp³-hybridized carbons (Fsp3) is 0.346. The van der Waals surface area contributed by atoms with Gasteiger partial charge in [-0.2, -0.15) is 0 Å². The molecule has 1 amide bonds. The average Bonchev–Trinajstić information content (AvgIpc) is 2.84. The number of aromatic hydroxyl groups is 1. The summed E-state index contributed by atoms with van der Waals surface area (Å²) < 4.78 is 19.8. The molecular weight excluding hydrogens is 453 g/mol. The highest BCUT2D eigenvalue weighted by molar-refractivity contribution is 5.99. The van der Waals surface area contributed by atoms with Crippen LogP contribution in [0.2, 0.25) is 0 Å². The van der Waals surface area contributed by atoms with Gasteiger partial charge in [-0.1, -0.05) is 32.8 Å². The molecule has 1 atom stereocenters.